The first-order valence-corrected chi connectivity index (χ1v) is 11.1. The molecular weight excluding hydrogens is 419 g/mol. The molecule has 30 heavy (non-hydrogen) atoms. The number of halogens is 1. The van der Waals surface area contributed by atoms with Crippen molar-refractivity contribution >= 4 is 44.4 Å². The van der Waals surface area contributed by atoms with Crippen LogP contribution in [0.4, 0.5) is 9.52 Å². The van der Waals surface area contributed by atoms with Gasteiger partial charge in [-0.05, 0) is 48.0 Å². The van der Waals surface area contributed by atoms with Gasteiger partial charge in [-0.2, -0.15) is 0 Å². The van der Waals surface area contributed by atoms with Gasteiger partial charge in [0.15, 0.2) is 5.13 Å². The Morgan fingerprint density at radius 3 is 2.60 bits per heavy atom. The summed E-state index contributed by atoms with van der Waals surface area (Å²) in [6, 6.07) is 21.7. The minimum absolute atomic E-state index is 0.0563. The first kappa shape index (κ1) is 20.4. The Morgan fingerprint density at radius 1 is 1.10 bits per heavy atom. The number of carbonyl (C=O) groups excluding carboxylic acids is 1. The standard InChI is InChI=1S/C23H19FN2O2S2/c1-28-18-9-12-20-21(13-18)30-23(25-20)26(14-16-5-3-2-4-6-16)22(27)15-29-19-10-7-17(24)8-11-19/h2-13H,14-15H2,1H3. The molecule has 1 aromatic heterocycles. The van der Waals surface area contributed by atoms with Gasteiger partial charge in [-0.1, -0.05) is 41.7 Å². The summed E-state index contributed by atoms with van der Waals surface area (Å²) in [7, 11) is 1.63. The van der Waals surface area contributed by atoms with E-state index in [1.165, 1.54) is 35.2 Å². The zero-order chi connectivity index (χ0) is 20.9. The number of anilines is 1. The average molecular weight is 439 g/mol. The Morgan fingerprint density at radius 2 is 1.87 bits per heavy atom. The molecule has 0 aliphatic carbocycles. The lowest BCUT2D eigenvalue weighted by atomic mass is 10.2. The molecule has 3 aromatic carbocycles. The van der Waals surface area contributed by atoms with Crippen LogP contribution in [0.2, 0.25) is 0 Å². The van der Waals surface area contributed by atoms with Gasteiger partial charge < -0.3 is 4.74 Å². The number of fused-ring (bicyclic) bond motifs is 1. The molecule has 7 heteroatoms. The number of aromatic nitrogens is 1. The largest absolute Gasteiger partial charge is 0.497 e. The number of hydrogen-bond donors (Lipinski definition) is 0. The van der Waals surface area contributed by atoms with E-state index in [1.807, 2.05) is 48.5 Å². The van der Waals surface area contributed by atoms with E-state index >= 15 is 0 Å². The fourth-order valence-electron chi connectivity index (χ4n) is 2.92. The second-order valence-electron chi connectivity index (χ2n) is 6.54. The fraction of sp³-hybridized carbons (Fsp3) is 0.130. The Kier molecular flexibility index (Phi) is 6.30. The predicted octanol–water partition coefficient (Wildman–Crippen LogP) is 5.77. The maximum Gasteiger partial charge on any atom is 0.239 e. The number of carbonyl (C=O) groups is 1. The van der Waals surface area contributed by atoms with Crippen LogP contribution in [0.5, 0.6) is 5.75 Å². The molecule has 4 rings (SSSR count). The molecule has 0 bridgehead atoms. The zero-order valence-corrected chi connectivity index (χ0v) is 17.9. The molecule has 0 N–H and O–H groups in total. The minimum Gasteiger partial charge on any atom is -0.497 e. The van der Waals surface area contributed by atoms with Crippen molar-refractivity contribution in [2.45, 2.75) is 11.4 Å². The lowest BCUT2D eigenvalue weighted by molar-refractivity contribution is -0.116. The molecule has 4 aromatic rings. The molecule has 152 valence electrons. The van der Waals surface area contributed by atoms with Gasteiger partial charge in [-0.3, -0.25) is 9.69 Å². The number of methoxy groups -OCH3 is 1. The van der Waals surface area contributed by atoms with Crippen LogP contribution in [0.1, 0.15) is 5.56 Å². The van der Waals surface area contributed by atoms with E-state index in [9.17, 15) is 9.18 Å². The van der Waals surface area contributed by atoms with Gasteiger partial charge in [0.1, 0.15) is 11.6 Å². The molecule has 1 amide bonds. The minimum atomic E-state index is -0.290. The van der Waals surface area contributed by atoms with Crippen LogP contribution in [0.3, 0.4) is 0 Å². The third-order valence-electron chi connectivity index (χ3n) is 4.48. The number of thioether (sulfide) groups is 1. The van der Waals surface area contributed by atoms with Gasteiger partial charge >= 0.3 is 0 Å². The Hall–Kier alpha value is -2.90. The predicted molar refractivity (Wildman–Crippen MR) is 121 cm³/mol. The summed E-state index contributed by atoms with van der Waals surface area (Å²) in [6.45, 7) is 0.431. The second kappa shape index (κ2) is 9.28. The van der Waals surface area contributed by atoms with Crippen LogP contribution in [-0.4, -0.2) is 23.8 Å². The van der Waals surface area contributed by atoms with Gasteiger partial charge in [0.25, 0.3) is 0 Å². The van der Waals surface area contributed by atoms with Gasteiger partial charge in [-0.15, -0.1) is 11.8 Å². The van der Waals surface area contributed by atoms with Gasteiger partial charge in [0.2, 0.25) is 5.91 Å². The number of nitrogens with zero attached hydrogens (tertiary/aromatic N) is 2. The normalized spacial score (nSPS) is 10.9. The maximum atomic E-state index is 13.2. The van der Waals surface area contributed by atoms with E-state index in [-0.39, 0.29) is 17.5 Å². The number of ether oxygens (including phenoxy) is 1. The van der Waals surface area contributed by atoms with Crippen molar-refractivity contribution in [3.63, 3.8) is 0 Å². The number of benzene rings is 3. The third-order valence-corrected chi connectivity index (χ3v) is 6.51. The molecule has 0 atom stereocenters. The Balaban J connectivity index is 1.60. The van der Waals surface area contributed by atoms with Gasteiger partial charge in [0, 0.05) is 4.90 Å². The summed E-state index contributed by atoms with van der Waals surface area (Å²) in [5.74, 6) is 0.642. The van der Waals surface area contributed by atoms with Crippen molar-refractivity contribution in [1.82, 2.24) is 4.98 Å². The molecule has 0 unspecified atom stereocenters. The lowest BCUT2D eigenvalue weighted by Crippen LogP contribution is -2.31. The monoisotopic (exact) mass is 438 g/mol. The number of hydrogen-bond acceptors (Lipinski definition) is 5. The molecule has 4 nitrogen and oxygen atoms in total. The van der Waals surface area contributed by atoms with E-state index in [0.717, 1.165) is 26.4 Å². The molecule has 1 heterocycles. The Labute approximate surface area is 182 Å². The summed E-state index contributed by atoms with van der Waals surface area (Å²) >= 11 is 2.84. The van der Waals surface area contributed by atoms with Crippen LogP contribution in [0.15, 0.2) is 77.7 Å². The number of thiazole rings is 1. The van der Waals surface area contributed by atoms with Gasteiger partial charge in [0.05, 0.1) is 29.6 Å². The highest BCUT2D eigenvalue weighted by Crippen LogP contribution is 2.33. The van der Waals surface area contributed by atoms with E-state index < -0.39 is 0 Å². The fourth-order valence-corrected chi connectivity index (χ4v) is 4.70. The molecule has 0 spiro atoms. The highest BCUT2D eigenvalue weighted by atomic mass is 32.2. The number of rotatable bonds is 7. The summed E-state index contributed by atoms with van der Waals surface area (Å²) in [5, 5.41) is 0.645. The molecule has 0 fully saturated rings. The van der Waals surface area contributed by atoms with Gasteiger partial charge in [-0.25, -0.2) is 9.37 Å². The second-order valence-corrected chi connectivity index (χ2v) is 8.60. The molecule has 0 saturated heterocycles. The topological polar surface area (TPSA) is 42.4 Å². The summed E-state index contributed by atoms with van der Waals surface area (Å²) < 4.78 is 19.4. The molecular formula is C23H19FN2O2S2. The molecule has 0 saturated carbocycles. The van der Waals surface area contributed by atoms with Crippen molar-refractivity contribution in [2.24, 2.45) is 0 Å². The maximum absolute atomic E-state index is 13.2. The van der Waals surface area contributed by atoms with Crippen molar-refractivity contribution < 1.29 is 13.9 Å². The SMILES string of the molecule is COc1ccc2nc(N(Cc3ccccc3)C(=O)CSc3ccc(F)cc3)sc2c1. The quantitative estimate of drug-likeness (QED) is 0.344. The summed E-state index contributed by atoms with van der Waals surface area (Å²) in [6.07, 6.45) is 0. The molecule has 0 aliphatic rings. The first-order valence-electron chi connectivity index (χ1n) is 9.29. The smallest absolute Gasteiger partial charge is 0.239 e. The van der Waals surface area contributed by atoms with Crippen LogP contribution in [-0.2, 0) is 11.3 Å². The van der Waals surface area contributed by atoms with Crippen LogP contribution in [0, 0.1) is 5.82 Å². The van der Waals surface area contributed by atoms with Crippen molar-refractivity contribution in [3.8, 4) is 5.75 Å². The first-order chi connectivity index (χ1) is 14.6. The van der Waals surface area contributed by atoms with Crippen molar-refractivity contribution in [1.29, 1.82) is 0 Å². The Bertz CT molecular complexity index is 1150. The van der Waals surface area contributed by atoms with Crippen molar-refractivity contribution in [3.05, 3.63) is 84.2 Å². The van der Waals surface area contributed by atoms with E-state index in [4.69, 9.17) is 4.74 Å². The van der Waals surface area contributed by atoms with E-state index in [1.54, 1.807) is 24.1 Å². The molecule has 0 radical (unpaired) electrons. The highest BCUT2D eigenvalue weighted by molar-refractivity contribution is 8.00. The zero-order valence-electron chi connectivity index (χ0n) is 16.2. The number of amides is 1. The van der Waals surface area contributed by atoms with Crippen LogP contribution < -0.4 is 9.64 Å². The highest BCUT2D eigenvalue weighted by Gasteiger charge is 2.20. The van der Waals surface area contributed by atoms with Crippen LogP contribution in [0.25, 0.3) is 10.2 Å². The van der Waals surface area contributed by atoms with Crippen LogP contribution >= 0.6 is 23.1 Å². The summed E-state index contributed by atoms with van der Waals surface area (Å²) in [4.78, 5) is 20.4. The summed E-state index contributed by atoms with van der Waals surface area (Å²) in [5.41, 5.74) is 1.85. The van der Waals surface area contributed by atoms with Crippen molar-refractivity contribution in [2.75, 3.05) is 17.8 Å². The van der Waals surface area contributed by atoms with E-state index in [0.29, 0.717) is 11.7 Å². The molecule has 0 aliphatic heterocycles. The third kappa shape index (κ3) is 4.80. The average Bonchev–Trinajstić information content (AvgIpc) is 3.20. The lowest BCUT2D eigenvalue weighted by Gasteiger charge is -2.20. The van der Waals surface area contributed by atoms with E-state index in [2.05, 4.69) is 4.98 Å².